The maximum atomic E-state index is 11.9. The Morgan fingerprint density at radius 2 is 2.19 bits per heavy atom. The average molecular weight is 226 g/mol. The fraction of sp³-hybridized carbons (Fsp3) is 0.917. The predicted molar refractivity (Wildman–Crippen MR) is 62.3 cm³/mol. The van der Waals surface area contributed by atoms with Crippen molar-refractivity contribution < 1.29 is 9.53 Å². The Morgan fingerprint density at radius 3 is 2.75 bits per heavy atom. The van der Waals surface area contributed by atoms with Gasteiger partial charge in [-0.25, -0.2) is 4.79 Å². The minimum Gasteiger partial charge on any atom is -0.444 e. The molecule has 0 radical (unpaired) electrons. The van der Waals surface area contributed by atoms with Gasteiger partial charge in [0.05, 0.1) is 0 Å². The first kappa shape index (κ1) is 11.7. The summed E-state index contributed by atoms with van der Waals surface area (Å²) in [5, 5.41) is 3.39. The van der Waals surface area contributed by atoms with E-state index < -0.39 is 5.60 Å². The third-order valence-electron chi connectivity index (χ3n) is 3.55. The Hall–Kier alpha value is -0.770. The molecule has 2 aliphatic heterocycles. The molecule has 0 aromatic rings. The second kappa shape index (κ2) is 3.62. The molecule has 2 atom stereocenters. The molecule has 0 aromatic carbocycles. The lowest BCUT2D eigenvalue weighted by molar-refractivity contribution is 0.0272. The van der Waals surface area contributed by atoms with Gasteiger partial charge in [-0.2, -0.15) is 0 Å². The second-order valence-corrected chi connectivity index (χ2v) is 6.34. The minimum absolute atomic E-state index is 0.164. The molecular formula is C12H22N2O2. The summed E-state index contributed by atoms with van der Waals surface area (Å²) >= 11 is 0. The highest BCUT2D eigenvalue weighted by Gasteiger charge is 2.48. The van der Waals surface area contributed by atoms with E-state index in [4.69, 9.17) is 4.74 Å². The van der Waals surface area contributed by atoms with E-state index in [9.17, 15) is 4.79 Å². The topological polar surface area (TPSA) is 41.6 Å². The van der Waals surface area contributed by atoms with E-state index in [1.54, 1.807) is 0 Å². The van der Waals surface area contributed by atoms with E-state index in [-0.39, 0.29) is 11.5 Å². The van der Waals surface area contributed by atoms with Crippen LogP contribution in [0.25, 0.3) is 0 Å². The number of ether oxygens (including phenoxy) is 1. The van der Waals surface area contributed by atoms with E-state index in [1.165, 1.54) is 0 Å². The van der Waals surface area contributed by atoms with Crippen LogP contribution in [0.15, 0.2) is 0 Å². The smallest absolute Gasteiger partial charge is 0.410 e. The van der Waals surface area contributed by atoms with Gasteiger partial charge in [0.2, 0.25) is 0 Å². The van der Waals surface area contributed by atoms with Gasteiger partial charge >= 0.3 is 6.09 Å². The highest BCUT2D eigenvalue weighted by molar-refractivity contribution is 5.68. The molecule has 2 saturated heterocycles. The largest absolute Gasteiger partial charge is 0.444 e. The molecule has 0 aromatic heterocycles. The molecule has 4 nitrogen and oxygen atoms in total. The van der Waals surface area contributed by atoms with Crippen LogP contribution in [0, 0.1) is 11.3 Å². The van der Waals surface area contributed by atoms with Crippen LogP contribution in [0.3, 0.4) is 0 Å². The monoisotopic (exact) mass is 226 g/mol. The molecule has 2 heterocycles. The van der Waals surface area contributed by atoms with Crippen molar-refractivity contribution in [2.24, 2.45) is 11.3 Å². The lowest BCUT2D eigenvalue weighted by Gasteiger charge is -2.26. The van der Waals surface area contributed by atoms with Crippen molar-refractivity contribution in [3.05, 3.63) is 0 Å². The summed E-state index contributed by atoms with van der Waals surface area (Å²) in [6.07, 6.45) is -0.164. The molecule has 16 heavy (non-hydrogen) atoms. The first-order valence-corrected chi connectivity index (χ1v) is 5.99. The lowest BCUT2D eigenvalue weighted by atomic mass is 9.83. The standard InChI is InChI=1S/C12H22N2O2/c1-11(2,3)16-10(15)14-6-9-5-13-7-12(9,4)8-14/h9,13H,5-8H2,1-4H3/t9-,12-/m1/s1. The highest BCUT2D eigenvalue weighted by atomic mass is 16.6. The Morgan fingerprint density at radius 1 is 1.50 bits per heavy atom. The summed E-state index contributed by atoms with van der Waals surface area (Å²) in [5.41, 5.74) is -0.148. The number of hydrogen-bond donors (Lipinski definition) is 1. The normalized spacial score (nSPS) is 34.0. The fourth-order valence-corrected chi connectivity index (χ4v) is 2.62. The van der Waals surface area contributed by atoms with Crippen molar-refractivity contribution in [1.29, 1.82) is 0 Å². The maximum Gasteiger partial charge on any atom is 0.410 e. The van der Waals surface area contributed by atoms with Gasteiger partial charge in [0, 0.05) is 31.6 Å². The average Bonchev–Trinajstić information content (AvgIpc) is 2.55. The van der Waals surface area contributed by atoms with Gasteiger partial charge in [-0.1, -0.05) is 6.92 Å². The number of nitrogens with one attached hydrogen (secondary N) is 1. The molecule has 0 spiro atoms. The number of carbonyl (C=O) groups is 1. The summed E-state index contributed by atoms with van der Waals surface area (Å²) in [7, 11) is 0. The van der Waals surface area contributed by atoms with E-state index in [0.29, 0.717) is 5.92 Å². The van der Waals surface area contributed by atoms with E-state index in [2.05, 4.69) is 12.2 Å². The number of carbonyl (C=O) groups excluding carboxylic acids is 1. The molecule has 2 fully saturated rings. The van der Waals surface area contributed by atoms with Gasteiger partial charge < -0.3 is 15.0 Å². The zero-order valence-electron chi connectivity index (χ0n) is 10.7. The molecular weight excluding hydrogens is 204 g/mol. The van der Waals surface area contributed by atoms with Crippen molar-refractivity contribution in [3.63, 3.8) is 0 Å². The van der Waals surface area contributed by atoms with Crippen LogP contribution in [-0.2, 0) is 4.74 Å². The first-order valence-electron chi connectivity index (χ1n) is 5.99. The third-order valence-corrected chi connectivity index (χ3v) is 3.55. The van der Waals surface area contributed by atoms with Gasteiger partial charge in [-0.05, 0) is 26.7 Å². The zero-order valence-corrected chi connectivity index (χ0v) is 10.7. The Labute approximate surface area is 97.3 Å². The highest BCUT2D eigenvalue weighted by Crippen LogP contribution is 2.38. The molecule has 2 rings (SSSR count). The van der Waals surface area contributed by atoms with Crippen molar-refractivity contribution in [2.45, 2.75) is 33.3 Å². The molecule has 92 valence electrons. The van der Waals surface area contributed by atoms with Crippen LogP contribution < -0.4 is 5.32 Å². The van der Waals surface area contributed by atoms with Gasteiger partial charge in [-0.15, -0.1) is 0 Å². The quantitative estimate of drug-likeness (QED) is 0.680. The Balaban J connectivity index is 1.97. The van der Waals surface area contributed by atoms with Gasteiger partial charge in [0.1, 0.15) is 5.60 Å². The molecule has 4 heteroatoms. The summed E-state index contributed by atoms with van der Waals surface area (Å²) in [5.74, 6) is 0.583. The molecule has 0 bridgehead atoms. The number of rotatable bonds is 0. The Bertz CT molecular complexity index is 298. The minimum atomic E-state index is -0.395. The van der Waals surface area contributed by atoms with E-state index in [1.807, 2.05) is 25.7 Å². The summed E-state index contributed by atoms with van der Waals surface area (Å²) in [4.78, 5) is 13.8. The summed E-state index contributed by atoms with van der Waals surface area (Å²) in [6, 6.07) is 0. The number of hydrogen-bond acceptors (Lipinski definition) is 3. The second-order valence-electron chi connectivity index (χ2n) is 6.34. The number of likely N-dealkylation sites (tertiary alicyclic amines) is 1. The SMILES string of the molecule is CC(C)(C)OC(=O)N1C[C@H]2CNC[C@]2(C)C1. The third kappa shape index (κ3) is 2.17. The molecule has 0 aliphatic carbocycles. The van der Waals surface area contributed by atoms with E-state index in [0.717, 1.165) is 26.2 Å². The lowest BCUT2D eigenvalue weighted by Crippen LogP contribution is -2.38. The predicted octanol–water partition coefficient (Wildman–Crippen LogP) is 1.46. The maximum absolute atomic E-state index is 11.9. The first-order chi connectivity index (χ1) is 7.30. The molecule has 2 aliphatic rings. The van der Waals surface area contributed by atoms with Crippen LogP contribution in [-0.4, -0.2) is 42.8 Å². The van der Waals surface area contributed by atoms with Crippen LogP contribution in [0.5, 0.6) is 0 Å². The fourth-order valence-electron chi connectivity index (χ4n) is 2.62. The van der Waals surface area contributed by atoms with Gasteiger partial charge in [0.25, 0.3) is 0 Å². The van der Waals surface area contributed by atoms with E-state index >= 15 is 0 Å². The number of nitrogens with zero attached hydrogens (tertiary/aromatic N) is 1. The van der Waals surface area contributed by atoms with Crippen LogP contribution >= 0.6 is 0 Å². The molecule has 1 N–H and O–H groups in total. The number of amides is 1. The van der Waals surface area contributed by atoms with Crippen LogP contribution in [0.4, 0.5) is 4.79 Å². The van der Waals surface area contributed by atoms with Crippen molar-refractivity contribution >= 4 is 6.09 Å². The van der Waals surface area contributed by atoms with Crippen molar-refractivity contribution in [1.82, 2.24) is 10.2 Å². The van der Waals surface area contributed by atoms with Gasteiger partial charge in [0.15, 0.2) is 0 Å². The van der Waals surface area contributed by atoms with Crippen LogP contribution in [0.2, 0.25) is 0 Å². The van der Waals surface area contributed by atoms with Crippen molar-refractivity contribution in [2.75, 3.05) is 26.2 Å². The Kier molecular flexibility index (Phi) is 2.65. The summed E-state index contributed by atoms with van der Waals surface area (Å²) in [6.45, 7) is 11.7. The molecule has 0 unspecified atom stereocenters. The molecule has 1 amide bonds. The summed E-state index contributed by atoms with van der Waals surface area (Å²) < 4.78 is 5.40. The number of fused-ring (bicyclic) bond motifs is 1. The van der Waals surface area contributed by atoms with Crippen LogP contribution in [0.1, 0.15) is 27.7 Å². The van der Waals surface area contributed by atoms with Gasteiger partial charge in [-0.3, -0.25) is 0 Å². The zero-order chi connectivity index (χ0) is 12.0. The van der Waals surface area contributed by atoms with Crippen molar-refractivity contribution in [3.8, 4) is 0 Å². The molecule has 0 saturated carbocycles.